The summed E-state index contributed by atoms with van der Waals surface area (Å²) >= 11 is 0. The topological polar surface area (TPSA) is 44.5 Å². The molecule has 2 N–H and O–H groups in total. The van der Waals surface area contributed by atoms with Crippen molar-refractivity contribution in [3.8, 4) is 5.75 Å². The molecule has 1 aromatic carbocycles. The Hall–Kier alpha value is -1.22. The Kier molecular flexibility index (Phi) is 6.52. The lowest BCUT2D eigenvalue weighted by Gasteiger charge is -2.25. The van der Waals surface area contributed by atoms with Gasteiger partial charge in [-0.05, 0) is 63.1 Å². The number of anilines is 1. The number of hydrogen-bond donors (Lipinski definition) is 1. The lowest BCUT2D eigenvalue weighted by molar-refractivity contribution is -0.0249. The maximum atomic E-state index is 6.10. The summed E-state index contributed by atoms with van der Waals surface area (Å²) in [6.45, 7) is 17.9. The summed E-state index contributed by atoms with van der Waals surface area (Å²) in [5.41, 5.74) is 8.00. The second kappa shape index (κ2) is 7.57. The van der Waals surface area contributed by atoms with E-state index in [-0.39, 0.29) is 17.1 Å². The lowest BCUT2D eigenvalue weighted by atomic mass is 9.87. The minimum Gasteiger partial charge on any atom is -0.489 e. The number of nitrogen functional groups attached to an aromatic ring is 1. The van der Waals surface area contributed by atoms with Crippen molar-refractivity contribution in [1.29, 1.82) is 0 Å². The summed E-state index contributed by atoms with van der Waals surface area (Å²) in [5.74, 6) is 1.23. The highest BCUT2D eigenvalue weighted by molar-refractivity contribution is 5.55. The minimum atomic E-state index is -0.0934. The van der Waals surface area contributed by atoms with Gasteiger partial charge in [-0.3, -0.25) is 0 Å². The molecule has 23 heavy (non-hydrogen) atoms. The molecule has 0 aromatic heterocycles. The highest BCUT2D eigenvalue weighted by Crippen LogP contribution is 2.31. The maximum Gasteiger partial charge on any atom is 0.142 e. The molecule has 0 aliphatic rings. The molecule has 0 saturated heterocycles. The van der Waals surface area contributed by atoms with Crippen LogP contribution in [0.3, 0.4) is 0 Å². The van der Waals surface area contributed by atoms with Crippen molar-refractivity contribution >= 4 is 5.69 Å². The number of nitrogens with two attached hydrogens (primary N) is 1. The first-order chi connectivity index (χ1) is 10.4. The van der Waals surface area contributed by atoms with Crippen molar-refractivity contribution < 1.29 is 9.47 Å². The van der Waals surface area contributed by atoms with Crippen molar-refractivity contribution in [2.75, 3.05) is 12.3 Å². The van der Waals surface area contributed by atoms with Gasteiger partial charge in [-0.2, -0.15) is 0 Å². The monoisotopic (exact) mass is 321 g/mol. The van der Waals surface area contributed by atoms with Crippen LogP contribution < -0.4 is 10.5 Å². The van der Waals surface area contributed by atoms with Crippen LogP contribution in [0, 0.1) is 5.92 Å². The molecule has 1 rings (SSSR count). The molecule has 3 nitrogen and oxygen atoms in total. The fourth-order valence-corrected chi connectivity index (χ4v) is 2.39. The SMILES string of the molecule is CC(COC(C)(C)C)CC(C)Oc1cc(C(C)(C)C)ccc1N. The molecular formula is C20H35NO2. The van der Waals surface area contributed by atoms with E-state index < -0.39 is 0 Å². The molecular weight excluding hydrogens is 286 g/mol. The second-order valence-corrected chi connectivity index (χ2v) is 8.70. The number of hydrogen-bond acceptors (Lipinski definition) is 3. The largest absolute Gasteiger partial charge is 0.489 e. The molecule has 0 aliphatic carbocycles. The molecule has 0 fully saturated rings. The van der Waals surface area contributed by atoms with Gasteiger partial charge >= 0.3 is 0 Å². The van der Waals surface area contributed by atoms with E-state index >= 15 is 0 Å². The highest BCUT2D eigenvalue weighted by Gasteiger charge is 2.18. The van der Waals surface area contributed by atoms with E-state index in [4.69, 9.17) is 15.2 Å². The van der Waals surface area contributed by atoms with Crippen LogP contribution in [0.25, 0.3) is 0 Å². The van der Waals surface area contributed by atoms with E-state index in [0.29, 0.717) is 11.6 Å². The first kappa shape index (κ1) is 19.8. The standard InChI is InChI=1S/C20H35NO2/c1-14(13-22-20(6,7)8)11-15(2)23-18-12-16(19(3,4)5)9-10-17(18)21/h9-10,12,14-15H,11,13,21H2,1-8H3. The Morgan fingerprint density at radius 1 is 1.04 bits per heavy atom. The van der Waals surface area contributed by atoms with Crippen LogP contribution in [-0.2, 0) is 10.2 Å². The quantitative estimate of drug-likeness (QED) is 0.735. The van der Waals surface area contributed by atoms with Crippen LogP contribution >= 0.6 is 0 Å². The summed E-state index contributed by atoms with van der Waals surface area (Å²) in [5, 5.41) is 0. The Labute approximate surface area is 142 Å². The van der Waals surface area contributed by atoms with E-state index in [1.165, 1.54) is 5.56 Å². The van der Waals surface area contributed by atoms with Gasteiger partial charge in [-0.25, -0.2) is 0 Å². The van der Waals surface area contributed by atoms with E-state index in [0.717, 1.165) is 18.8 Å². The molecule has 0 aliphatic heterocycles. The molecule has 0 amide bonds. The minimum absolute atomic E-state index is 0.0862. The average Bonchev–Trinajstić information content (AvgIpc) is 2.37. The van der Waals surface area contributed by atoms with Crippen LogP contribution in [0.15, 0.2) is 18.2 Å². The van der Waals surface area contributed by atoms with Crippen LogP contribution in [-0.4, -0.2) is 18.3 Å². The smallest absolute Gasteiger partial charge is 0.142 e. The predicted octanol–water partition coefficient (Wildman–Crippen LogP) is 5.17. The molecule has 0 heterocycles. The zero-order valence-electron chi connectivity index (χ0n) is 16.2. The van der Waals surface area contributed by atoms with Crippen LogP contribution in [0.5, 0.6) is 5.75 Å². The van der Waals surface area contributed by atoms with Crippen LogP contribution in [0.2, 0.25) is 0 Å². The molecule has 2 atom stereocenters. The number of benzene rings is 1. The van der Waals surface area contributed by atoms with Crippen molar-refractivity contribution in [1.82, 2.24) is 0 Å². The van der Waals surface area contributed by atoms with E-state index in [1.54, 1.807) is 0 Å². The molecule has 0 saturated carbocycles. The van der Waals surface area contributed by atoms with E-state index in [9.17, 15) is 0 Å². The van der Waals surface area contributed by atoms with Gasteiger partial charge in [0.2, 0.25) is 0 Å². The van der Waals surface area contributed by atoms with Gasteiger partial charge in [0.25, 0.3) is 0 Å². The lowest BCUT2D eigenvalue weighted by Crippen LogP contribution is -2.25. The first-order valence-electron chi connectivity index (χ1n) is 8.59. The van der Waals surface area contributed by atoms with Crippen molar-refractivity contribution in [2.24, 2.45) is 5.92 Å². The normalized spacial score (nSPS) is 15.3. The number of ether oxygens (including phenoxy) is 2. The predicted molar refractivity (Wildman–Crippen MR) is 99.1 cm³/mol. The van der Waals surface area contributed by atoms with Gasteiger partial charge in [-0.1, -0.05) is 33.8 Å². The summed E-state index contributed by atoms with van der Waals surface area (Å²) in [4.78, 5) is 0. The average molecular weight is 322 g/mol. The third-order valence-electron chi connectivity index (χ3n) is 3.74. The summed E-state index contributed by atoms with van der Waals surface area (Å²) < 4.78 is 12.0. The molecule has 2 unspecified atom stereocenters. The Balaban J connectivity index is 2.65. The van der Waals surface area contributed by atoms with Gasteiger partial charge in [-0.15, -0.1) is 0 Å². The molecule has 0 radical (unpaired) electrons. The molecule has 0 spiro atoms. The Morgan fingerprint density at radius 2 is 1.65 bits per heavy atom. The molecule has 1 aromatic rings. The van der Waals surface area contributed by atoms with E-state index in [2.05, 4.69) is 67.5 Å². The fraction of sp³-hybridized carbons (Fsp3) is 0.700. The van der Waals surface area contributed by atoms with Crippen LogP contribution in [0.1, 0.15) is 67.4 Å². The Morgan fingerprint density at radius 3 is 2.17 bits per heavy atom. The van der Waals surface area contributed by atoms with Gasteiger partial charge < -0.3 is 15.2 Å². The van der Waals surface area contributed by atoms with Gasteiger partial charge in [0.05, 0.1) is 17.4 Å². The molecule has 0 bridgehead atoms. The second-order valence-electron chi connectivity index (χ2n) is 8.70. The summed E-state index contributed by atoms with van der Waals surface area (Å²) in [6.07, 6.45) is 1.04. The number of rotatable bonds is 6. The van der Waals surface area contributed by atoms with Crippen molar-refractivity contribution in [3.05, 3.63) is 23.8 Å². The van der Waals surface area contributed by atoms with Crippen molar-refractivity contribution in [3.63, 3.8) is 0 Å². The van der Waals surface area contributed by atoms with Gasteiger partial charge in [0.15, 0.2) is 0 Å². The highest BCUT2D eigenvalue weighted by atomic mass is 16.5. The molecule has 3 heteroatoms. The van der Waals surface area contributed by atoms with Crippen LogP contribution in [0.4, 0.5) is 5.69 Å². The Bertz CT molecular complexity index is 497. The third kappa shape index (κ3) is 7.26. The van der Waals surface area contributed by atoms with Gasteiger partial charge in [0, 0.05) is 6.61 Å². The van der Waals surface area contributed by atoms with Gasteiger partial charge in [0.1, 0.15) is 5.75 Å². The fourth-order valence-electron chi connectivity index (χ4n) is 2.39. The first-order valence-corrected chi connectivity index (χ1v) is 8.59. The zero-order chi connectivity index (χ0) is 17.8. The third-order valence-corrected chi connectivity index (χ3v) is 3.74. The summed E-state index contributed by atoms with van der Waals surface area (Å²) in [6, 6.07) is 6.09. The maximum absolute atomic E-state index is 6.10. The van der Waals surface area contributed by atoms with E-state index in [1.807, 2.05) is 6.07 Å². The zero-order valence-corrected chi connectivity index (χ0v) is 16.2. The molecule has 132 valence electrons. The summed E-state index contributed by atoms with van der Waals surface area (Å²) in [7, 11) is 0. The van der Waals surface area contributed by atoms with Crippen molar-refractivity contribution in [2.45, 2.75) is 78.9 Å².